The molecule has 3 aromatic rings. The number of hydrogen-bond donors (Lipinski definition) is 3. The second-order valence-electron chi connectivity index (χ2n) is 14.2. The number of piperidine rings is 1. The Morgan fingerprint density at radius 1 is 1.04 bits per heavy atom. The molecule has 3 N–H and O–H groups in total. The molecule has 2 aromatic carbocycles. The number of carbonyl (C=O) groups excluding carboxylic acids is 2. The van der Waals surface area contributed by atoms with Crippen molar-refractivity contribution in [3.8, 4) is 17.1 Å². The van der Waals surface area contributed by atoms with E-state index >= 15 is 0 Å². The summed E-state index contributed by atoms with van der Waals surface area (Å²) in [6.45, 7) is 17.9. The van der Waals surface area contributed by atoms with Crippen LogP contribution in [0.3, 0.4) is 0 Å². The van der Waals surface area contributed by atoms with E-state index in [2.05, 4.69) is 64.7 Å². The molecule has 2 aliphatic rings. The highest BCUT2D eigenvalue weighted by Gasteiger charge is 2.48. The number of amides is 1. The Hall–Kier alpha value is -3.69. The molecule has 0 saturated carbocycles. The first kappa shape index (κ1) is 33.7. The lowest BCUT2D eigenvalue weighted by Gasteiger charge is -2.29. The van der Waals surface area contributed by atoms with Crippen LogP contribution in [-0.2, 0) is 16.0 Å². The van der Waals surface area contributed by atoms with Crippen molar-refractivity contribution in [2.24, 2.45) is 11.3 Å². The second kappa shape index (κ2) is 14.4. The molecule has 46 heavy (non-hydrogen) atoms. The molecule has 2 atom stereocenters. The number of H-pyrrole nitrogens is 1. The van der Waals surface area contributed by atoms with Gasteiger partial charge in [-0.1, -0.05) is 36.2 Å². The predicted molar refractivity (Wildman–Crippen MR) is 183 cm³/mol. The molecular weight excluding hydrogens is 578 g/mol. The molecule has 0 radical (unpaired) electrons. The highest BCUT2D eigenvalue weighted by Crippen LogP contribution is 2.40. The molecule has 1 unspecified atom stereocenters. The average Bonchev–Trinajstić information content (AvgIpc) is 3.72. The Morgan fingerprint density at radius 2 is 1.72 bits per heavy atom. The van der Waals surface area contributed by atoms with Crippen LogP contribution in [0.15, 0.2) is 42.5 Å². The second-order valence-corrected chi connectivity index (χ2v) is 14.2. The van der Waals surface area contributed by atoms with Crippen LogP contribution in [-0.4, -0.2) is 71.9 Å². The van der Waals surface area contributed by atoms with Gasteiger partial charge >= 0.3 is 6.09 Å². The van der Waals surface area contributed by atoms with Gasteiger partial charge in [0.25, 0.3) is 0 Å². The van der Waals surface area contributed by atoms with Gasteiger partial charge in [-0.15, -0.1) is 5.10 Å². The van der Waals surface area contributed by atoms with Crippen molar-refractivity contribution in [2.45, 2.75) is 85.8 Å². The molecule has 0 aliphatic carbocycles. The van der Waals surface area contributed by atoms with Crippen molar-refractivity contribution >= 4 is 17.6 Å². The van der Waals surface area contributed by atoms with Gasteiger partial charge in [-0.2, -0.15) is 0 Å². The summed E-state index contributed by atoms with van der Waals surface area (Å²) in [6, 6.07) is 14.4. The summed E-state index contributed by atoms with van der Waals surface area (Å²) < 4.78 is 11.6. The number of ether oxygens (including phenoxy) is 2. The molecule has 5 rings (SSSR count). The Kier molecular flexibility index (Phi) is 10.5. The topological polar surface area (TPSA) is 109 Å². The molecule has 2 bridgehead atoms. The molecule has 2 aliphatic heterocycles. The molecule has 248 valence electrons. The van der Waals surface area contributed by atoms with E-state index in [1.807, 2.05) is 52.0 Å². The lowest BCUT2D eigenvalue weighted by atomic mass is 9.81. The maximum atomic E-state index is 13.7. The maximum absolute atomic E-state index is 13.7. The zero-order valence-corrected chi connectivity index (χ0v) is 28.5. The quantitative estimate of drug-likeness (QED) is 0.171. The van der Waals surface area contributed by atoms with E-state index in [1.165, 1.54) is 16.7 Å². The summed E-state index contributed by atoms with van der Waals surface area (Å²) in [5.41, 5.74) is 6.70. The van der Waals surface area contributed by atoms with E-state index in [1.54, 1.807) is 0 Å². The first-order valence-corrected chi connectivity index (χ1v) is 16.8. The Balaban J connectivity index is 1.24. The number of fused-ring (bicyclic) bond motifs is 2. The van der Waals surface area contributed by atoms with E-state index in [0.717, 1.165) is 62.3 Å². The van der Waals surface area contributed by atoms with E-state index in [4.69, 9.17) is 9.47 Å². The highest BCUT2D eigenvalue weighted by atomic mass is 16.6. The molecule has 2 fully saturated rings. The van der Waals surface area contributed by atoms with Gasteiger partial charge in [-0.3, -0.25) is 20.1 Å². The molecule has 1 amide bonds. The average molecular weight is 630 g/mol. The van der Waals surface area contributed by atoms with Crippen LogP contribution in [0.5, 0.6) is 5.88 Å². The Bertz CT molecular complexity index is 1470. The minimum Gasteiger partial charge on any atom is -0.475 e. The molecule has 2 saturated heterocycles. The van der Waals surface area contributed by atoms with Crippen LogP contribution in [0.4, 0.5) is 10.5 Å². The smallest absolute Gasteiger partial charge is 0.411 e. The van der Waals surface area contributed by atoms with E-state index in [-0.39, 0.29) is 30.5 Å². The van der Waals surface area contributed by atoms with Gasteiger partial charge in [0.1, 0.15) is 6.61 Å². The summed E-state index contributed by atoms with van der Waals surface area (Å²) in [6.07, 6.45) is 2.48. The van der Waals surface area contributed by atoms with Gasteiger partial charge in [0.05, 0.1) is 23.3 Å². The number of aryl methyl sites for hydroxylation is 2. The molecular formula is C37H51N5O4. The van der Waals surface area contributed by atoms with Crippen LogP contribution in [0.2, 0.25) is 0 Å². The van der Waals surface area contributed by atoms with Gasteiger partial charge in [0, 0.05) is 29.3 Å². The van der Waals surface area contributed by atoms with Gasteiger partial charge in [0.15, 0.2) is 5.78 Å². The van der Waals surface area contributed by atoms with Gasteiger partial charge in [-0.05, 0) is 116 Å². The first-order chi connectivity index (χ1) is 21.9. The standard InChI is InChI=1S/C37H51N5O4/c1-23(2)46-36(44)39-30-10-8-27(9-11-30)12-15-38-21-26(5)31-32(29-19-24(3)18-25(4)20-29)40-41-35(31)45-22-37(6,7)34(43)33-28-13-16-42(33)17-14-28/h8-11,18-20,23,26,28,33,38H,12-17,21-22H2,1-7H3,(H,39,44)(H,40,41)/t26-,33?/m1/s1. The summed E-state index contributed by atoms with van der Waals surface area (Å²) >= 11 is 0. The third kappa shape index (κ3) is 7.99. The number of hydrogen-bond acceptors (Lipinski definition) is 7. The third-order valence-electron chi connectivity index (χ3n) is 9.28. The van der Waals surface area contributed by atoms with Crippen molar-refractivity contribution < 1.29 is 19.1 Å². The number of benzene rings is 2. The lowest BCUT2D eigenvalue weighted by Crippen LogP contribution is -2.44. The van der Waals surface area contributed by atoms with Crippen LogP contribution < -0.4 is 15.4 Å². The van der Waals surface area contributed by atoms with Crippen LogP contribution >= 0.6 is 0 Å². The number of nitrogens with one attached hydrogen (secondary N) is 3. The number of nitrogens with zero attached hydrogens (tertiary/aromatic N) is 2. The summed E-state index contributed by atoms with van der Waals surface area (Å²) in [5, 5.41) is 14.3. The van der Waals surface area contributed by atoms with E-state index in [9.17, 15) is 9.59 Å². The molecule has 0 spiro atoms. The maximum Gasteiger partial charge on any atom is 0.411 e. The Morgan fingerprint density at radius 3 is 2.33 bits per heavy atom. The van der Waals surface area contributed by atoms with Crippen molar-refractivity contribution in [2.75, 3.05) is 38.1 Å². The fourth-order valence-electron chi connectivity index (χ4n) is 6.92. The summed E-state index contributed by atoms with van der Waals surface area (Å²) in [7, 11) is 0. The number of ketones is 1. The van der Waals surface area contributed by atoms with Crippen molar-refractivity contribution in [3.05, 3.63) is 64.7 Å². The first-order valence-electron chi connectivity index (χ1n) is 16.8. The zero-order valence-electron chi connectivity index (χ0n) is 28.5. The number of rotatable bonds is 14. The van der Waals surface area contributed by atoms with Gasteiger partial charge < -0.3 is 14.8 Å². The SMILES string of the molecule is Cc1cc(C)cc(-c2[nH]nc(OCC(C)(C)C(=O)C3C4CCN3CC4)c2[C@H](C)CNCCc2ccc(NC(=O)OC(C)C)cc2)c1. The van der Waals surface area contributed by atoms with Crippen LogP contribution in [0, 0.1) is 25.2 Å². The van der Waals surface area contributed by atoms with Crippen molar-refractivity contribution in [1.29, 1.82) is 0 Å². The van der Waals surface area contributed by atoms with Gasteiger partial charge in [0.2, 0.25) is 5.88 Å². The molecule has 9 nitrogen and oxygen atoms in total. The van der Waals surface area contributed by atoms with Crippen LogP contribution in [0.25, 0.3) is 11.3 Å². The number of aromatic nitrogens is 2. The molecule has 1 aromatic heterocycles. The molecule has 3 heterocycles. The Labute approximate surface area is 273 Å². The third-order valence-corrected chi connectivity index (χ3v) is 9.28. The predicted octanol–water partition coefficient (Wildman–Crippen LogP) is 6.65. The number of anilines is 1. The largest absolute Gasteiger partial charge is 0.475 e. The fraction of sp³-hybridized carbons (Fsp3) is 0.541. The summed E-state index contributed by atoms with van der Waals surface area (Å²) in [4.78, 5) is 27.9. The minimum atomic E-state index is -0.618. The number of carbonyl (C=O) groups is 2. The number of Topliss-reactive ketones (excluding diaryl/α,β-unsaturated/α-hetero) is 1. The van der Waals surface area contributed by atoms with Crippen molar-refractivity contribution in [3.63, 3.8) is 0 Å². The monoisotopic (exact) mass is 629 g/mol. The lowest BCUT2D eigenvalue weighted by molar-refractivity contribution is -0.133. The highest BCUT2D eigenvalue weighted by molar-refractivity contribution is 5.90. The zero-order chi connectivity index (χ0) is 33.0. The fourth-order valence-corrected chi connectivity index (χ4v) is 6.92. The molecule has 9 heteroatoms. The van der Waals surface area contributed by atoms with Crippen LogP contribution in [0.1, 0.15) is 75.6 Å². The van der Waals surface area contributed by atoms with Gasteiger partial charge in [-0.25, -0.2) is 4.79 Å². The van der Waals surface area contributed by atoms with E-state index < -0.39 is 11.5 Å². The summed E-state index contributed by atoms with van der Waals surface area (Å²) in [5.74, 6) is 1.43. The van der Waals surface area contributed by atoms with E-state index in [0.29, 0.717) is 17.5 Å². The minimum absolute atomic E-state index is 0.0278. The normalized spacial score (nSPS) is 19.8. The number of aromatic amines is 1. The van der Waals surface area contributed by atoms with Crippen molar-refractivity contribution in [1.82, 2.24) is 20.4 Å².